The Kier molecular flexibility index (Phi) is 20.9. The van der Waals surface area contributed by atoms with Gasteiger partial charge < -0.3 is 4.84 Å². The Labute approximate surface area is 50.8 Å². The molecule has 0 spiro atoms. The molecule has 0 aliphatic rings. The van der Waals surface area contributed by atoms with Crippen molar-refractivity contribution in [3.05, 3.63) is 12.8 Å². The fourth-order valence-corrected chi connectivity index (χ4v) is 0.104. The maximum absolute atomic E-state index is 4.32. The third-order valence-electron chi connectivity index (χ3n) is 0.241. The summed E-state index contributed by atoms with van der Waals surface area (Å²) in [7, 11) is 0. The summed E-state index contributed by atoms with van der Waals surface area (Å²) in [5, 5.41) is 3.35. The third-order valence-corrected chi connectivity index (χ3v) is 0.241. The lowest BCUT2D eigenvalue weighted by atomic mass is 10.9. The van der Waals surface area contributed by atoms with Gasteiger partial charge in [-0.15, -0.1) is 0 Å². The molecule has 0 aromatic heterocycles. The monoisotopic (exact) mass is 115 g/mol. The van der Waals surface area contributed by atoms with Crippen LogP contribution < -0.4 is 0 Å². The van der Waals surface area contributed by atoms with Gasteiger partial charge in [0.25, 0.3) is 0 Å². The highest BCUT2D eigenvalue weighted by molar-refractivity contribution is 5.52. The molecule has 48 valence electrons. The molecule has 8 heavy (non-hydrogen) atoms. The van der Waals surface area contributed by atoms with Crippen LogP contribution in [0.15, 0.2) is 18.0 Å². The first kappa shape index (κ1) is 10.2. The summed E-state index contributed by atoms with van der Waals surface area (Å²) in [6.07, 6.45) is 2.81. The van der Waals surface area contributed by atoms with Gasteiger partial charge in [0.15, 0.2) is 0 Å². The van der Waals surface area contributed by atoms with Gasteiger partial charge in [0.1, 0.15) is 6.26 Å². The molecule has 0 saturated carbocycles. The van der Waals surface area contributed by atoms with Crippen molar-refractivity contribution in [3.8, 4) is 0 Å². The van der Waals surface area contributed by atoms with E-state index in [9.17, 15) is 0 Å². The van der Waals surface area contributed by atoms with Crippen LogP contribution in [-0.2, 0) is 4.84 Å². The standard InChI is InChI=1S/C4H7NO.C2H6/c1-3-5-6-4-2;1-2/h3-4H,2H2,1H3;1-2H3/b5-3-;. The van der Waals surface area contributed by atoms with Crippen molar-refractivity contribution in [2.75, 3.05) is 0 Å². The van der Waals surface area contributed by atoms with Crippen LogP contribution in [0.3, 0.4) is 0 Å². The maximum atomic E-state index is 4.32. The number of rotatable bonds is 2. The number of hydrogen-bond donors (Lipinski definition) is 0. The molecule has 0 unspecified atom stereocenters. The highest BCUT2D eigenvalue weighted by Crippen LogP contribution is 1.68. The molecule has 0 aromatic carbocycles. The van der Waals surface area contributed by atoms with E-state index < -0.39 is 0 Å². The Morgan fingerprint density at radius 1 is 1.50 bits per heavy atom. The zero-order valence-corrected chi connectivity index (χ0v) is 5.72. The van der Waals surface area contributed by atoms with Gasteiger partial charge in [-0.1, -0.05) is 25.6 Å². The van der Waals surface area contributed by atoms with Crippen LogP contribution in [0.4, 0.5) is 0 Å². The first-order valence-electron chi connectivity index (χ1n) is 2.66. The Morgan fingerprint density at radius 2 is 2.00 bits per heavy atom. The highest BCUT2D eigenvalue weighted by atomic mass is 16.6. The summed E-state index contributed by atoms with van der Waals surface area (Å²) >= 11 is 0. The van der Waals surface area contributed by atoms with Crippen LogP contribution in [0, 0.1) is 0 Å². The minimum Gasteiger partial charge on any atom is -0.366 e. The predicted molar refractivity (Wildman–Crippen MR) is 36.8 cm³/mol. The smallest absolute Gasteiger partial charge is 0.114 e. The summed E-state index contributed by atoms with van der Waals surface area (Å²) in [6, 6.07) is 0. The van der Waals surface area contributed by atoms with Gasteiger partial charge in [0, 0.05) is 6.21 Å². The van der Waals surface area contributed by atoms with E-state index in [0.717, 1.165) is 0 Å². The van der Waals surface area contributed by atoms with Crippen molar-refractivity contribution < 1.29 is 4.84 Å². The molecule has 0 saturated heterocycles. The largest absolute Gasteiger partial charge is 0.366 e. The van der Waals surface area contributed by atoms with Crippen molar-refractivity contribution in [1.29, 1.82) is 0 Å². The normalized spacial score (nSPS) is 7.38. The summed E-state index contributed by atoms with van der Waals surface area (Å²) in [5.74, 6) is 0. The maximum Gasteiger partial charge on any atom is 0.114 e. The van der Waals surface area contributed by atoms with E-state index in [0.29, 0.717) is 0 Å². The lowest BCUT2D eigenvalue weighted by molar-refractivity contribution is 0.271. The Bertz CT molecular complexity index is 59.5. The van der Waals surface area contributed by atoms with Crippen LogP contribution in [0.1, 0.15) is 20.8 Å². The molecular weight excluding hydrogens is 102 g/mol. The molecule has 0 aromatic rings. The fraction of sp³-hybridized carbons (Fsp3) is 0.500. The quantitative estimate of drug-likeness (QED) is 0.307. The van der Waals surface area contributed by atoms with Gasteiger partial charge in [0.05, 0.1) is 0 Å². The van der Waals surface area contributed by atoms with E-state index in [4.69, 9.17) is 0 Å². The van der Waals surface area contributed by atoms with Crippen molar-refractivity contribution >= 4 is 6.21 Å². The second-order valence-electron chi connectivity index (χ2n) is 0.636. The van der Waals surface area contributed by atoms with Gasteiger partial charge in [0.2, 0.25) is 0 Å². The Hall–Kier alpha value is -0.790. The molecule has 0 rings (SSSR count). The highest BCUT2D eigenvalue weighted by Gasteiger charge is 1.53. The molecule has 0 aliphatic carbocycles. The minimum absolute atomic E-state index is 1.26. The molecule has 0 aliphatic heterocycles. The van der Waals surface area contributed by atoms with Crippen molar-refractivity contribution in [2.24, 2.45) is 5.16 Å². The number of hydrogen-bond acceptors (Lipinski definition) is 2. The molecule has 0 radical (unpaired) electrons. The third kappa shape index (κ3) is 18.9. The van der Waals surface area contributed by atoms with E-state index in [1.54, 1.807) is 13.1 Å². The van der Waals surface area contributed by atoms with Gasteiger partial charge in [-0.25, -0.2) is 0 Å². The van der Waals surface area contributed by atoms with Gasteiger partial charge >= 0.3 is 0 Å². The first-order valence-corrected chi connectivity index (χ1v) is 2.66. The minimum atomic E-state index is 1.26. The van der Waals surface area contributed by atoms with Crippen LogP contribution >= 0.6 is 0 Å². The lowest BCUT2D eigenvalue weighted by Crippen LogP contribution is -1.61. The zero-order valence-electron chi connectivity index (χ0n) is 5.72. The average molecular weight is 115 g/mol. The molecule has 0 fully saturated rings. The van der Waals surface area contributed by atoms with Gasteiger partial charge in [-0.2, -0.15) is 0 Å². The predicted octanol–water partition coefficient (Wildman–Crippen LogP) is 2.18. The SMILES string of the molecule is C=CO/N=C\C.CC. The summed E-state index contributed by atoms with van der Waals surface area (Å²) in [6.45, 7) is 9.03. The van der Waals surface area contributed by atoms with Crippen molar-refractivity contribution in [2.45, 2.75) is 20.8 Å². The second-order valence-corrected chi connectivity index (χ2v) is 0.636. The van der Waals surface area contributed by atoms with Crippen LogP contribution in [-0.4, -0.2) is 6.21 Å². The van der Waals surface area contributed by atoms with Gasteiger partial charge in [-0.3, -0.25) is 0 Å². The molecule has 0 heterocycles. The van der Waals surface area contributed by atoms with E-state index in [-0.39, 0.29) is 0 Å². The fourth-order valence-electron chi connectivity index (χ4n) is 0.104. The molecule has 0 N–H and O–H groups in total. The summed E-state index contributed by atoms with van der Waals surface area (Å²) < 4.78 is 0. The summed E-state index contributed by atoms with van der Waals surface area (Å²) in [4.78, 5) is 4.32. The first-order chi connectivity index (χ1) is 3.91. The Morgan fingerprint density at radius 3 is 2.12 bits per heavy atom. The molecule has 2 nitrogen and oxygen atoms in total. The van der Waals surface area contributed by atoms with Gasteiger partial charge in [-0.05, 0) is 6.92 Å². The average Bonchev–Trinajstić information content (AvgIpc) is 1.88. The van der Waals surface area contributed by atoms with E-state index in [1.165, 1.54) is 6.26 Å². The van der Waals surface area contributed by atoms with Crippen molar-refractivity contribution in [3.63, 3.8) is 0 Å². The summed E-state index contributed by atoms with van der Waals surface area (Å²) in [5.41, 5.74) is 0. The van der Waals surface area contributed by atoms with E-state index in [2.05, 4.69) is 16.6 Å². The Balaban J connectivity index is 0. The lowest BCUT2D eigenvalue weighted by Gasteiger charge is -1.77. The number of oxime groups is 1. The molecular formula is C6H13NO. The second kappa shape index (κ2) is 16.4. The molecule has 0 bridgehead atoms. The van der Waals surface area contributed by atoms with Crippen LogP contribution in [0.5, 0.6) is 0 Å². The van der Waals surface area contributed by atoms with E-state index >= 15 is 0 Å². The van der Waals surface area contributed by atoms with E-state index in [1.807, 2.05) is 13.8 Å². The van der Waals surface area contributed by atoms with Crippen LogP contribution in [0.25, 0.3) is 0 Å². The zero-order chi connectivity index (χ0) is 6.83. The van der Waals surface area contributed by atoms with Crippen LogP contribution in [0.2, 0.25) is 0 Å². The molecule has 0 atom stereocenters. The van der Waals surface area contributed by atoms with Crippen molar-refractivity contribution in [1.82, 2.24) is 0 Å². The number of nitrogens with zero attached hydrogens (tertiary/aromatic N) is 1. The molecule has 0 amide bonds. The topological polar surface area (TPSA) is 21.6 Å². The molecule has 2 heteroatoms.